The fraction of sp³-hybridized carbons (Fsp3) is 0.429. The van der Waals surface area contributed by atoms with Crippen LogP contribution in [0.2, 0.25) is 5.02 Å². The van der Waals surface area contributed by atoms with Gasteiger partial charge in [0.2, 0.25) is 0 Å². The van der Waals surface area contributed by atoms with Crippen LogP contribution in [0.25, 0.3) is 0 Å². The molecule has 0 unspecified atom stereocenters. The van der Waals surface area contributed by atoms with E-state index in [1.165, 1.54) is 6.07 Å². The van der Waals surface area contributed by atoms with Gasteiger partial charge in [0.25, 0.3) is 5.92 Å². The first-order valence-electron chi connectivity index (χ1n) is 3.46. The Kier molecular flexibility index (Phi) is 5.25. The molecule has 0 saturated heterocycles. The number of alkyl halides is 2. The molecule has 0 radical (unpaired) electrons. The zero-order valence-electron chi connectivity index (χ0n) is 6.91. The number of aliphatic hydroxyl groups excluding tert-OH is 1. The number of aliphatic hydroxyl groups is 1. The summed E-state index contributed by atoms with van der Waals surface area (Å²) in [6, 6.07) is -0.0421. The number of nitrogens with two attached hydrogens (primary N) is 1. The molecule has 1 heterocycles. The molecule has 0 saturated carbocycles. The summed E-state index contributed by atoms with van der Waals surface area (Å²) in [5, 5.41) is 10.2. The second-order valence-electron chi connectivity index (χ2n) is 2.53. The topological polar surface area (TPSA) is 46.2 Å². The lowest BCUT2D eigenvalue weighted by Crippen LogP contribution is -2.35. The maximum absolute atomic E-state index is 12.9. The molecule has 82 valence electrons. The van der Waals surface area contributed by atoms with Crippen molar-refractivity contribution in [2.45, 2.75) is 12.0 Å². The molecule has 0 aliphatic heterocycles. The van der Waals surface area contributed by atoms with Gasteiger partial charge in [0.15, 0.2) is 0 Å². The summed E-state index contributed by atoms with van der Waals surface area (Å²) in [7, 11) is 0. The van der Waals surface area contributed by atoms with Crippen molar-refractivity contribution in [3.63, 3.8) is 0 Å². The first kappa shape index (κ1) is 14.1. The van der Waals surface area contributed by atoms with E-state index in [0.717, 1.165) is 11.3 Å². The summed E-state index contributed by atoms with van der Waals surface area (Å²) in [5.41, 5.74) is 5.24. The van der Waals surface area contributed by atoms with Crippen LogP contribution >= 0.6 is 35.3 Å². The Hall–Kier alpha value is 0.0600. The van der Waals surface area contributed by atoms with Crippen LogP contribution in [0.1, 0.15) is 10.9 Å². The minimum absolute atomic E-state index is 0. The summed E-state index contributed by atoms with van der Waals surface area (Å²) in [6.07, 6.45) is 0. The second-order valence-corrected chi connectivity index (χ2v) is 3.88. The maximum Gasteiger partial charge on any atom is 0.290 e. The van der Waals surface area contributed by atoms with E-state index in [1.54, 1.807) is 5.38 Å². The molecule has 0 amide bonds. The van der Waals surface area contributed by atoms with Crippen LogP contribution in [-0.4, -0.2) is 17.6 Å². The molecular weight excluding hydrogens is 255 g/mol. The Labute approximate surface area is 95.1 Å². The number of halogens is 4. The van der Waals surface area contributed by atoms with Gasteiger partial charge < -0.3 is 10.8 Å². The quantitative estimate of drug-likeness (QED) is 0.880. The van der Waals surface area contributed by atoms with Crippen molar-refractivity contribution in [1.29, 1.82) is 0 Å². The van der Waals surface area contributed by atoms with E-state index < -0.39 is 18.6 Å². The van der Waals surface area contributed by atoms with Gasteiger partial charge in [-0.1, -0.05) is 11.6 Å². The Morgan fingerprint density at radius 3 is 2.57 bits per heavy atom. The lowest BCUT2D eigenvalue weighted by molar-refractivity contribution is -0.0703. The van der Waals surface area contributed by atoms with Crippen molar-refractivity contribution in [3.05, 3.63) is 21.3 Å². The van der Waals surface area contributed by atoms with Crippen molar-refractivity contribution in [2.75, 3.05) is 6.61 Å². The Morgan fingerprint density at radius 2 is 2.21 bits per heavy atom. The molecule has 0 aromatic carbocycles. The minimum atomic E-state index is -3.32. The van der Waals surface area contributed by atoms with Gasteiger partial charge in [0, 0.05) is 4.88 Å². The van der Waals surface area contributed by atoms with E-state index in [2.05, 4.69) is 0 Å². The fourth-order valence-corrected chi connectivity index (χ4v) is 2.06. The molecule has 1 aromatic rings. The van der Waals surface area contributed by atoms with Crippen LogP contribution in [0.4, 0.5) is 8.78 Å². The monoisotopic (exact) mass is 263 g/mol. The lowest BCUT2D eigenvalue weighted by atomic mass is 10.1. The third-order valence-corrected chi connectivity index (χ3v) is 3.03. The first-order chi connectivity index (χ1) is 5.99. The van der Waals surface area contributed by atoms with E-state index >= 15 is 0 Å². The molecule has 0 aliphatic rings. The summed E-state index contributed by atoms with van der Waals surface area (Å²) in [5.74, 6) is -3.32. The Balaban J connectivity index is 0.00000169. The Bertz CT molecular complexity index is 295. The predicted molar refractivity (Wildman–Crippen MR) is 55.5 cm³/mol. The van der Waals surface area contributed by atoms with E-state index in [-0.39, 0.29) is 22.3 Å². The standard InChI is InChI=1S/C7H8ClF2NOS.ClH/c8-4-1-2-13-5(4)6(11)7(9,10)3-12;/h1-2,6,12H,3,11H2;1H/t6-;/m1./s1. The first-order valence-corrected chi connectivity index (χ1v) is 4.72. The van der Waals surface area contributed by atoms with Crippen molar-refractivity contribution in [1.82, 2.24) is 0 Å². The maximum atomic E-state index is 12.9. The van der Waals surface area contributed by atoms with Crippen LogP contribution < -0.4 is 5.73 Å². The number of hydrogen-bond acceptors (Lipinski definition) is 3. The Morgan fingerprint density at radius 1 is 1.64 bits per heavy atom. The third kappa shape index (κ3) is 2.77. The van der Waals surface area contributed by atoms with Gasteiger partial charge in [-0.2, -0.15) is 0 Å². The van der Waals surface area contributed by atoms with Gasteiger partial charge in [-0.15, -0.1) is 23.7 Å². The van der Waals surface area contributed by atoms with E-state index in [0.29, 0.717) is 0 Å². The molecule has 7 heteroatoms. The van der Waals surface area contributed by atoms with Crippen LogP contribution in [0.3, 0.4) is 0 Å². The van der Waals surface area contributed by atoms with E-state index in [9.17, 15) is 8.78 Å². The minimum Gasteiger partial charge on any atom is -0.390 e. The fourth-order valence-electron chi connectivity index (χ4n) is 0.817. The highest BCUT2D eigenvalue weighted by Crippen LogP contribution is 2.35. The predicted octanol–water partition coefficient (Wildman–Crippen LogP) is 2.45. The molecular formula is C7H9Cl2F2NOS. The molecule has 0 fully saturated rings. The second kappa shape index (κ2) is 5.23. The van der Waals surface area contributed by atoms with Crippen molar-refractivity contribution in [3.8, 4) is 0 Å². The van der Waals surface area contributed by atoms with E-state index in [4.69, 9.17) is 22.4 Å². The molecule has 1 aromatic heterocycles. The SMILES string of the molecule is Cl.N[C@H](c1sccc1Cl)C(F)(F)CO. The highest BCUT2D eigenvalue weighted by Gasteiger charge is 2.38. The summed E-state index contributed by atoms with van der Waals surface area (Å²) < 4.78 is 25.7. The van der Waals surface area contributed by atoms with Gasteiger partial charge in [-0.3, -0.25) is 0 Å². The molecule has 0 spiro atoms. The van der Waals surface area contributed by atoms with Crippen LogP contribution in [-0.2, 0) is 0 Å². The van der Waals surface area contributed by atoms with Crippen LogP contribution in [0.5, 0.6) is 0 Å². The van der Waals surface area contributed by atoms with Gasteiger partial charge in [0.05, 0.1) is 5.02 Å². The van der Waals surface area contributed by atoms with Gasteiger partial charge in [-0.05, 0) is 11.4 Å². The molecule has 1 rings (SSSR count). The zero-order chi connectivity index (χ0) is 10.1. The summed E-state index contributed by atoms with van der Waals surface area (Å²) >= 11 is 6.66. The number of hydrogen-bond donors (Lipinski definition) is 2. The van der Waals surface area contributed by atoms with Crippen molar-refractivity contribution in [2.24, 2.45) is 5.73 Å². The van der Waals surface area contributed by atoms with Crippen molar-refractivity contribution < 1.29 is 13.9 Å². The largest absolute Gasteiger partial charge is 0.390 e. The van der Waals surface area contributed by atoms with Gasteiger partial charge in [0.1, 0.15) is 12.6 Å². The molecule has 14 heavy (non-hydrogen) atoms. The van der Waals surface area contributed by atoms with Crippen molar-refractivity contribution >= 4 is 35.3 Å². The highest BCUT2D eigenvalue weighted by molar-refractivity contribution is 7.10. The molecule has 2 nitrogen and oxygen atoms in total. The molecule has 0 aliphatic carbocycles. The van der Waals surface area contributed by atoms with Crippen LogP contribution in [0.15, 0.2) is 11.4 Å². The molecule has 1 atom stereocenters. The smallest absolute Gasteiger partial charge is 0.290 e. The normalized spacial score (nSPS) is 13.5. The molecule has 3 N–H and O–H groups in total. The molecule has 0 bridgehead atoms. The number of thiophene rings is 1. The summed E-state index contributed by atoms with van der Waals surface area (Å²) in [6.45, 7) is -1.28. The van der Waals surface area contributed by atoms with Gasteiger partial charge in [-0.25, -0.2) is 8.78 Å². The van der Waals surface area contributed by atoms with Gasteiger partial charge >= 0.3 is 0 Å². The highest BCUT2D eigenvalue weighted by atomic mass is 35.5. The van der Waals surface area contributed by atoms with E-state index in [1.807, 2.05) is 0 Å². The number of rotatable bonds is 3. The lowest BCUT2D eigenvalue weighted by Gasteiger charge is -2.20. The average molecular weight is 264 g/mol. The summed E-state index contributed by atoms with van der Waals surface area (Å²) in [4.78, 5) is 0.195. The van der Waals surface area contributed by atoms with Crippen LogP contribution in [0, 0.1) is 0 Å². The zero-order valence-corrected chi connectivity index (χ0v) is 9.30. The average Bonchev–Trinajstić information content (AvgIpc) is 2.50. The third-order valence-electron chi connectivity index (χ3n) is 1.59.